The van der Waals surface area contributed by atoms with E-state index in [1.54, 1.807) is 18.2 Å². The Morgan fingerprint density at radius 2 is 1.86 bits per heavy atom. The Kier molecular flexibility index (Phi) is 6.75. The summed E-state index contributed by atoms with van der Waals surface area (Å²) in [4.78, 5) is 48.9. The number of anilines is 1. The molecule has 11 heteroatoms. The van der Waals surface area contributed by atoms with E-state index in [2.05, 4.69) is 20.9 Å². The Balaban J connectivity index is 2.17. The van der Waals surface area contributed by atoms with Crippen LogP contribution in [0.2, 0.25) is 0 Å². The van der Waals surface area contributed by atoms with Gasteiger partial charge in [0.1, 0.15) is 24.3 Å². The summed E-state index contributed by atoms with van der Waals surface area (Å²) < 4.78 is 0. The summed E-state index contributed by atoms with van der Waals surface area (Å²) in [5.74, 6) is -2.52. The third-order valence-corrected chi connectivity index (χ3v) is 3.25. The van der Waals surface area contributed by atoms with Crippen molar-refractivity contribution in [2.45, 2.75) is 0 Å². The van der Waals surface area contributed by atoms with Crippen LogP contribution in [-0.4, -0.2) is 39.3 Å². The van der Waals surface area contributed by atoms with Crippen molar-refractivity contribution in [2.75, 3.05) is 11.9 Å². The van der Waals surface area contributed by atoms with E-state index in [0.717, 1.165) is 12.4 Å². The van der Waals surface area contributed by atoms with Gasteiger partial charge in [-0.3, -0.25) is 24.5 Å². The molecule has 0 saturated heterocycles. The summed E-state index contributed by atoms with van der Waals surface area (Å²) in [6, 6.07) is 10.6. The first-order valence-corrected chi connectivity index (χ1v) is 7.80. The van der Waals surface area contributed by atoms with Crippen LogP contribution in [0.4, 0.5) is 11.5 Å². The molecular formula is C17H15N5O6. The number of nitrogens with one attached hydrogen (secondary N) is 3. The maximum absolute atomic E-state index is 12.3. The summed E-state index contributed by atoms with van der Waals surface area (Å²) in [6.45, 7) is -0.646. The van der Waals surface area contributed by atoms with Gasteiger partial charge in [0.15, 0.2) is 0 Å². The van der Waals surface area contributed by atoms with Gasteiger partial charge >= 0.3 is 5.97 Å². The van der Waals surface area contributed by atoms with E-state index in [1.165, 1.54) is 24.3 Å². The fraction of sp³-hybridized carbons (Fsp3) is 0.0588. The average molecular weight is 385 g/mol. The van der Waals surface area contributed by atoms with E-state index in [0.29, 0.717) is 0 Å². The van der Waals surface area contributed by atoms with Crippen molar-refractivity contribution < 1.29 is 24.4 Å². The quantitative estimate of drug-likeness (QED) is 0.295. The van der Waals surface area contributed by atoms with Crippen LogP contribution in [0.25, 0.3) is 0 Å². The maximum atomic E-state index is 12.3. The summed E-state index contributed by atoms with van der Waals surface area (Å²) >= 11 is 0. The van der Waals surface area contributed by atoms with Gasteiger partial charge in [-0.1, -0.05) is 18.2 Å². The molecule has 1 aromatic carbocycles. The van der Waals surface area contributed by atoms with Crippen LogP contribution in [0.15, 0.2) is 60.6 Å². The highest BCUT2D eigenvalue weighted by Gasteiger charge is 2.15. The fourth-order valence-electron chi connectivity index (χ4n) is 1.92. The summed E-state index contributed by atoms with van der Waals surface area (Å²) in [5, 5.41) is 26.4. The number of nitrogens with zero attached hydrogens (tertiary/aromatic N) is 2. The van der Waals surface area contributed by atoms with Gasteiger partial charge in [0.2, 0.25) is 0 Å². The third-order valence-electron chi connectivity index (χ3n) is 3.25. The number of carboxylic acid groups (broad SMARTS) is 1. The van der Waals surface area contributed by atoms with E-state index < -0.39 is 29.3 Å². The van der Waals surface area contributed by atoms with Gasteiger partial charge in [-0.25, -0.2) is 4.98 Å². The van der Waals surface area contributed by atoms with Gasteiger partial charge in [-0.15, -0.1) is 0 Å². The summed E-state index contributed by atoms with van der Waals surface area (Å²) in [7, 11) is 0. The molecule has 0 unspecified atom stereocenters. The van der Waals surface area contributed by atoms with E-state index in [4.69, 9.17) is 5.11 Å². The zero-order chi connectivity index (χ0) is 20.5. The molecule has 2 amide bonds. The molecule has 1 heterocycles. The molecule has 0 atom stereocenters. The highest BCUT2D eigenvalue weighted by Crippen LogP contribution is 2.12. The SMILES string of the molecule is O=C(O)CNC(=O)/C(=C/Nc1ccc([N+](=O)[O-])cn1)NC(=O)c1ccccc1. The molecule has 0 fully saturated rings. The smallest absolute Gasteiger partial charge is 0.322 e. The zero-order valence-corrected chi connectivity index (χ0v) is 14.3. The molecule has 28 heavy (non-hydrogen) atoms. The van der Waals surface area contributed by atoms with Crippen molar-refractivity contribution in [1.82, 2.24) is 15.6 Å². The van der Waals surface area contributed by atoms with Gasteiger partial charge < -0.3 is 21.1 Å². The lowest BCUT2D eigenvalue weighted by molar-refractivity contribution is -0.385. The Hall–Kier alpha value is -4.28. The predicted octanol–water partition coefficient (Wildman–Crippen LogP) is 0.874. The van der Waals surface area contributed by atoms with Crippen molar-refractivity contribution >= 4 is 29.3 Å². The summed E-state index contributed by atoms with van der Waals surface area (Å²) in [6.07, 6.45) is 2.12. The molecule has 0 spiro atoms. The Bertz CT molecular complexity index is 911. The third kappa shape index (κ3) is 5.91. The lowest BCUT2D eigenvalue weighted by Gasteiger charge is -2.10. The number of rotatable bonds is 8. The molecule has 1 aromatic heterocycles. The lowest BCUT2D eigenvalue weighted by atomic mass is 10.2. The molecule has 4 N–H and O–H groups in total. The molecule has 2 aromatic rings. The van der Waals surface area contributed by atoms with Crippen LogP contribution in [0, 0.1) is 10.1 Å². The maximum Gasteiger partial charge on any atom is 0.322 e. The largest absolute Gasteiger partial charge is 0.480 e. The first-order valence-electron chi connectivity index (χ1n) is 7.80. The van der Waals surface area contributed by atoms with E-state index in [-0.39, 0.29) is 22.8 Å². The zero-order valence-electron chi connectivity index (χ0n) is 14.3. The first kappa shape index (κ1) is 20.0. The molecule has 2 rings (SSSR count). The first-order chi connectivity index (χ1) is 13.4. The van der Waals surface area contributed by atoms with Gasteiger partial charge in [0.05, 0.1) is 4.92 Å². The molecule has 0 radical (unpaired) electrons. The number of carboxylic acids is 1. The molecule has 0 bridgehead atoms. The highest BCUT2D eigenvalue weighted by molar-refractivity contribution is 6.03. The van der Waals surface area contributed by atoms with Crippen LogP contribution in [0.5, 0.6) is 0 Å². The number of aliphatic carboxylic acids is 1. The predicted molar refractivity (Wildman–Crippen MR) is 97.2 cm³/mol. The number of carbonyl (C=O) groups excluding carboxylic acids is 2. The number of benzene rings is 1. The Morgan fingerprint density at radius 3 is 2.43 bits per heavy atom. The Morgan fingerprint density at radius 1 is 1.14 bits per heavy atom. The second-order valence-electron chi connectivity index (χ2n) is 5.26. The Labute approximate surface area is 158 Å². The van der Waals surface area contributed by atoms with Crippen molar-refractivity contribution in [1.29, 1.82) is 0 Å². The number of carbonyl (C=O) groups is 3. The summed E-state index contributed by atoms with van der Waals surface area (Å²) in [5.41, 5.74) is -0.200. The van der Waals surface area contributed by atoms with Crippen molar-refractivity contribution in [3.05, 3.63) is 76.2 Å². The molecule has 0 aliphatic rings. The fourth-order valence-corrected chi connectivity index (χ4v) is 1.92. The van der Waals surface area contributed by atoms with Crippen LogP contribution in [0.1, 0.15) is 10.4 Å². The monoisotopic (exact) mass is 385 g/mol. The van der Waals surface area contributed by atoms with Crippen LogP contribution >= 0.6 is 0 Å². The van der Waals surface area contributed by atoms with Crippen molar-refractivity contribution in [2.24, 2.45) is 0 Å². The van der Waals surface area contributed by atoms with Crippen LogP contribution < -0.4 is 16.0 Å². The van der Waals surface area contributed by atoms with Gasteiger partial charge in [-0.2, -0.15) is 0 Å². The second-order valence-corrected chi connectivity index (χ2v) is 5.26. The van der Waals surface area contributed by atoms with Gasteiger partial charge in [0, 0.05) is 17.8 Å². The molecule has 144 valence electrons. The molecule has 0 aliphatic carbocycles. The molecular weight excluding hydrogens is 370 g/mol. The lowest BCUT2D eigenvalue weighted by Crippen LogP contribution is -2.37. The molecule has 11 nitrogen and oxygen atoms in total. The van der Waals surface area contributed by atoms with E-state index in [9.17, 15) is 24.5 Å². The van der Waals surface area contributed by atoms with Crippen molar-refractivity contribution in [3.8, 4) is 0 Å². The number of aromatic nitrogens is 1. The van der Waals surface area contributed by atoms with Crippen LogP contribution in [-0.2, 0) is 9.59 Å². The van der Waals surface area contributed by atoms with Gasteiger partial charge in [-0.05, 0) is 18.2 Å². The topological polar surface area (TPSA) is 164 Å². The second kappa shape index (κ2) is 9.43. The number of nitro groups is 1. The highest BCUT2D eigenvalue weighted by atomic mass is 16.6. The molecule has 0 aliphatic heterocycles. The number of hydrogen-bond donors (Lipinski definition) is 4. The standard InChI is InChI=1S/C17H15N5O6/c23-15(24)10-20-17(26)13(21-16(25)11-4-2-1-3-5-11)9-19-14-7-6-12(8-18-14)22(27)28/h1-9H,10H2,(H,18,19)(H,20,26)(H,21,25)(H,23,24)/b13-9-. The van der Waals surface area contributed by atoms with Gasteiger partial charge in [0.25, 0.3) is 17.5 Å². The molecule has 0 saturated carbocycles. The van der Waals surface area contributed by atoms with Crippen LogP contribution in [0.3, 0.4) is 0 Å². The van der Waals surface area contributed by atoms with E-state index in [1.807, 2.05) is 0 Å². The minimum absolute atomic E-state index is 0.170. The van der Waals surface area contributed by atoms with E-state index >= 15 is 0 Å². The number of amides is 2. The number of hydrogen-bond acceptors (Lipinski definition) is 7. The minimum atomic E-state index is -1.26. The minimum Gasteiger partial charge on any atom is -0.480 e. The number of pyridine rings is 1. The van der Waals surface area contributed by atoms with Crippen molar-refractivity contribution in [3.63, 3.8) is 0 Å². The average Bonchev–Trinajstić information content (AvgIpc) is 2.70. The normalized spacial score (nSPS) is 10.6.